The molecule has 1 aliphatic heterocycles. The molecule has 5 heteroatoms. The highest BCUT2D eigenvalue weighted by molar-refractivity contribution is 5.83. The Morgan fingerprint density at radius 1 is 1.19 bits per heavy atom. The lowest BCUT2D eigenvalue weighted by Crippen LogP contribution is -2.55. The average molecular weight is 298 g/mol. The summed E-state index contributed by atoms with van der Waals surface area (Å²) in [6, 6.07) is -0.897. The third kappa shape index (κ3) is 5.94. The zero-order chi connectivity index (χ0) is 15.7. The Kier molecular flexibility index (Phi) is 8.16. The van der Waals surface area contributed by atoms with Gasteiger partial charge in [-0.2, -0.15) is 0 Å². The van der Waals surface area contributed by atoms with Gasteiger partial charge in [0, 0.05) is 13.1 Å². The maximum atomic E-state index is 12.1. The van der Waals surface area contributed by atoms with E-state index < -0.39 is 12.0 Å². The molecule has 2 unspecified atom stereocenters. The Balaban J connectivity index is 2.28. The summed E-state index contributed by atoms with van der Waals surface area (Å²) in [5, 5.41) is 12.2. The van der Waals surface area contributed by atoms with Gasteiger partial charge in [-0.25, -0.2) is 9.59 Å². The highest BCUT2D eigenvalue weighted by atomic mass is 16.4. The van der Waals surface area contributed by atoms with Crippen LogP contribution in [0.1, 0.15) is 65.2 Å². The topological polar surface area (TPSA) is 69.6 Å². The van der Waals surface area contributed by atoms with E-state index in [-0.39, 0.29) is 11.9 Å². The number of carboxylic acid groups (broad SMARTS) is 1. The number of urea groups is 1. The number of nitrogens with zero attached hydrogens (tertiary/aromatic N) is 1. The van der Waals surface area contributed by atoms with Crippen LogP contribution in [0.2, 0.25) is 0 Å². The van der Waals surface area contributed by atoms with Crippen molar-refractivity contribution in [3.8, 4) is 0 Å². The summed E-state index contributed by atoms with van der Waals surface area (Å²) >= 11 is 0. The third-order valence-corrected chi connectivity index (χ3v) is 4.25. The minimum absolute atomic E-state index is 0.0241. The number of unbranched alkanes of at least 4 members (excludes halogenated alkanes) is 5. The van der Waals surface area contributed by atoms with Gasteiger partial charge in [-0.05, 0) is 25.2 Å². The zero-order valence-electron chi connectivity index (χ0n) is 13.4. The lowest BCUT2D eigenvalue weighted by atomic mass is 9.91. The van der Waals surface area contributed by atoms with Gasteiger partial charge in [-0.3, -0.25) is 0 Å². The number of nitrogens with one attached hydrogen (secondary N) is 1. The van der Waals surface area contributed by atoms with Crippen LogP contribution in [0.5, 0.6) is 0 Å². The molecule has 2 atom stereocenters. The summed E-state index contributed by atoms with van der Waals surface area (Å²) in [6.45, 7) is 5.29. The van der Waals surface area contributed by atoms with E-state index in [4.69, 9.17) is 0 Å². The van der Waals surface area contributed by atoms with Gasteiger partial charge in [0.2, 0.25) is 0 Å². The molecule has 2 amide bonds. The fourth-order valence-corrected chi connectivity index (χ4v) is 2.99. The Bertz CT molecular complexity index is 333. The first kappa shape index (κ1) is 17.8. The number of carboxylic acids is 1. The summed E-state index contributed by atoms with van der Waals surface area (Å²) in [5.74, 6) is -0.868. The van der Waals surface area contributed by atoms with Crippen LogP contribution >= 0.6 is 0 Å². The molecule has 0 aliphatic carbocycles. The second-order valence-electron chi connectivity index (χ2n) is 6.10. The number of rotatable bonds is 8. The Hall–Kier alpha value is -1.26. The van der Waals surface area contributed by atoms with Crippen LogP contribution in [0.4, 0.5) is 4.79 Å². The van der Waals surface area contributed by atoms with Crippen LogP contribution in [-0.4, -0.2) is 41.1 Å². The molecule has 1 fully saturated rings. The molecule has 0 spiro atoms. The number of carbonyl (C=O) groups is 2. The van der Waals surface area contributed by atoms with Crippen molar-refractivity contribution in [2.75, 3.05) is 13.1 Å². The predicted molar refractivity (Wildman–Crippen MR) is 83.3 cm³/mol. The van der Waals surface area contributed by atoms with E-state index in [1.54, 1.807) is 0 Å². The summed E-state index contributed by atoms with van der Waals surface area (Å²) in [7, 11) is 0. The molecule has 1 saturated heterocycles. The van der Waals surface area contributed by atoms with E-state index in [9.17, 15) is 14.7 Å². The van der Waals surface area contributed by atoms with E-state index >= 15 is 0 Å². The zero-order valence-corrected chi connectivity index (χ0v) is 13.4. The highest BCUT2D eigenvalue weighted by Gasteiger charge is 2.36. The van der Waals surface area contributed by atoms with Gasteiger partial charge >= 0.3 is 12.0 Å². The number of hydrogen-bond donors (Lipinski definition) is 2. The van der Waals surface area contributed by atoms with Gasteiger partial charge in [0.25, 0.3) is 0 Å². The first-order valence-electron chi connectivity index (χ1n) is 8.35. The molecule has 1 heterocycles. The molecular weight excluding hydrogens is 268 g/mol. The SMILES string of the molecule is CCCCCCCCNC(=O)N1CCCC(C)C1C(=O)O. The normalized spacial score (nSPS) is 22.1. The molecule has 0 radical (unpaired) electrons. The average Bonchev–Trinajstić information content (AvgIpc) is 2.45. The molecule has 0 bridgehead atoms. The fourth-order valence-electron chi connectivity index (χ4n) is 2.99. The molecule has 21 heavy (non-hydrogen) atoms. The van der Waals surface area contributed by atoms with Crippen LogP contribution in [0.15, 0.2) is 0 Å². The Morgan fingerprint density at radius 2 is 1.86 bits per heavy atom. The molecule has 1 aliphatic rings. The van der Waals surface area contributed by atoms with Crippen molar-refractivity contribution in [1.82, 2.24) is 10.2 Å². The number of hydrogen-bond acceptors (Lipinski definition) is 2. The van der Waals surface area contributed by atoms with Crippen molar-refractivity contribution in [3.63, 3.8) is 0 Å². The van der Waals surface area contributed by atoms with Gasteiger partial charge in [-0.15, -0.1) is 0 Å². The molecule has 122 valence electrons. The number of carbonyl (C=O) groups excluding carboxylic acids is 1. The summed E-state index contributed by atoms with van der Waals surface area (Å²) in [4.78, 5) is 25.0. The maximum absolute atomic E-state index is 12.1. The van der Waals surface area contributed by atoms with E-state index in [1.165, 1.54) is 30.6 Å². The van der Waals surface area contributed by atoms with E-state index in [0.717, 1.165) is 25.7 Å². The monoisotopic (exact) mass is 298 g/mol. The lowest BCUT2D eigenvalue weighted by molar-refractivity contribution is -0.145. The summed E-state index contributed by atoms with van der Waals surface area (Å²) < 4.78 is 0. The van der Waals surface area contributed by atoms with Crippen molar-refractivity contribution in [1.29, 1.82) is 0 Å². The second-order valence-corrected chi connectivity index (χ2v) is 6.10. The minimum Gasteiger partial charge on any atom is -0.480 e. The molecular formula is C16H30N2O3. The van der Waals surface area contributed by atoms with Crippen molar-refractivity contribution >= 4 is 12.0 Å². The molecule has 2 N–H and O–H groups in total. The summed E-state index contributed by atoms with van der Waals surface area (Å²) in [6.07, 6.45) is 8.83. The van der Waals surface area contributed by atoms with E-state index in [1.807, 2.05) is 6.92 Å². The van der Waals surface area contributed by atoms with Crippen LogP contribution < -0.4 is 5.32 Å². The van der Waals surface area contributed by atoms with Crippen LogP contribution in [0.3, 0.4) is 0 Å². The van der Waals surface area contributed by atoms with Crippen molar-refractivity contribution in [2.24, 2.45) is 5.92 Å². The van der Waals surface area contributed by atoms with Crippen molar-refractivity contribution in [3.05, 3.63) is 0 Å². The van der Waals surface area contributed by atoms with Gasteiger partial charge in [0.1, 0.15) is 6.04 Å². The third-order valence-electron chi connectivity index (χ3n) is 4.25. The lowest BCUT2D eigenvalue weighted by Gasteiger charge is -2.37. The maximum Gasteiger partial charge on any atom is 0.326 e. The van der Waals surface area contributed by atoms with Crippen molar-refractivity contribution < 1.29 is 14.7 Å². The molecule has 1 rings (SSSR count). The first-order valence-corrected chi connectivity index (χ1v) is 8.35. The van der Waals surface area contributed by atoms with Gasteiger partial charge in [0.05, 0.1) is 0 Å². The molecule has 0 aromatic carbocycles. The largest absolute Gasteiger partial charge is 0.480 e. The second kappa shape index (κ2) is 9.64. The van der Waals surface area contributed by atoms with Crippen molar-refractivity contribution in [2.45, 2.75) is 71.3 Å². The predicted octanol–water partition coefficient (Wildman–Crippen LogP) is 3.24. The molecule has 5 nitrogen and oxygen atoms in total. The van der Waals surface area contributed by atoms with E-state index in [2.05, 4.69) is 12.2 Å². The van der Waals surface area contributed by atoms with E-state index in [0.29, 0.717) is 13.1 Å². The van der Waals surface area contributed by atoms with Gasteiger partial charge < -0.3 is 15.3 Å². The highest BCUT2D eigenvalue weighted by Crippen LogP contribution is 2.23. The number of aliphatic carboxylic acids is 1. The Labute approximate surface area is 128 Å². The van der Waals surface area contributed by atoms with Gasteiger partial charge in [0.15, 0.2) is 0 Å². The van der Waals surface area contributed by atoms with Crippen LogP contribution in [-0.2, 0) is 4.79 Å². The van der Waals surface area contributed by atoms with Crippen LogP contribution in [0, 0.1) is 5.92 Å². The quantitative estimate of drug-likeness (QED) is 0.676. The summed E-state index contributed by atoms with van der Waals surface area (Å²) in [5.41, 5.74) is 0. The fraction of sp³-hybridized carbons (Fsp3) is 0.875. The number of piperidine rings is 1. The number of likely N-dealkylation sites (tertiary alicyclic amines) is 1. The molecule has 0 saturated carbocycles. The Morgan fingerprint density at radius 3 is 2.52 bits per heavy atom. The minimum atomic E-state index is -0.892. The first-order chi connectivity index (χ1) is 10.1. The molecule has 0 aromatic heterocycles. The molecule has 0 aromatic rings. The van der Waals surface area contributed by atoms with Gasteiger partial charge in [-0.1, -0.05) is 46.0 Å². The standard InChI is InChI=1S/C16H30N2O3/c1-3-4-5-6-7-8-11-17-16(21)18-12-9-10-13(2)14(18)15(19)20/h13-14H,3-12H2,1-2H3,(H,17,21)(H,19,20). The smallest absolute Gasteiger partial charge is 0.326 e. The number of amides is 2. The van der Waals surface area contributed by atoms with Crippen LogP contribution in [0.25, 0.3) is 0 Å².